The van der Waals surface area contributed by atoms with Crippen LogP contribution in [0.5, 0.6) is 11.5 Å². The Morgan fingerprint density at radius 1 is 1.27 bits per heavy atom. The van der Waals surface area contributed by atoms with E-state index in [1.54, 1.807) is 20.3 Å². The van der Waals surface area contributed by atoms with Gasteiger partial charge in [-0.05, 0) is 30.5 Å². The molecule has 1 aliphatic rings. The maximum absolute atomic E-state index is 11.6. The Morgan fingerprint density at radius 3 is 2.36 bits per heavy atom. The molecule has 1 N–H and O–H groups in total. The summed E-state index contributed by atoms with van der Waals surface area (Å²) in [4.78, 5) is 11.6. The molecule has 1 amide bonds. The summed E-state index contributed by atoms with van der Waals surface area (Å²) in [5, 5.41) is 2.69. The van der Waals surface area contributed by atoms with Crippen LogP contribution in [0.4, 0.5) is 4.79 Å². The number of ether oxygens (including phenoxy) is 3. The molecule has 22 heavy (non-hydrogen) atoms. The smallest absolute Gasteiger partial charge is 0.407 e. The molecule has 0 spiro atoms. The number of hydrogen-bond acceptors (Lipinski definition) is 4. The molecule has 5 nitrogen and oxygen atoms in total. The Morgan fingerprint density at radius 2 is 1.86 bits per heavy atom. The number of carbonyl (C=O) groups is 1. The Hall–Kier alpha value is -1.33. The van der Waals surface area contributed by atoms with Crippen molar-refractivity contribution in [2.45, 2.75) is 17.2 Å². The molecule has 2 rings (SSSR count). The third-order valence-electron chi connectivity index (χ3n) is 3.47. The monoisotopic (exact) mass is 347 g/mol. The lowest BCUT2D eigenvalue weighted by Crippen LogP contribution is -2.27. The fourth-order valence-electron chi connectivity index (χ4n) is 2.00. The van der Waals surface area contributed by atoms with E-state index in [1.165, 1.54) is 0 Å². The molecule has 0 aromatic heterocycles. The average Bonchev–Trinajstić information content (AvgIpc) is 3.12. The number of methoxy groups -OCH3 is 2. The summed E-state index contributed by atoms with van der Waals surface area (Å²) in [6.07, 6.45) is 0.833. The Balaban J connectivity index is 1.72. The molecule has 1 aliphatic carbocycles. The second-order valence-corrected chi connectivity index (χ2v) is 6.70. The number of rotatable bonds is 7. The minimum absolute atomic E-state index is 0.0317. The first-order valence-electron chi connectivity index (χ1n) is 6.95. The van der Waals surface area contributed by atoms with Crippen LogP contribution in [0, 0.1) is 5.92 Å². The van der Waals surface area contributed by atoms with Gasteiger partial charge < -0.3 is 19.5 Å². The van der Waals surface area contributed by atoms with Gasteiger partial charge in [0.15, 0.2) is 0 Å². The number of alkyl carbamates (subject to hydrolysis) is 1. The molecule has 0 heterocycles. The van der Waals surface area contributed by atoms with Crippen molar-refractivity contribution in [3.63, 3.8) is 0 Å². The van der Waals surface area contributed by atoms with Crippen molar-refractivity contribution in [3.8, 4) is 11.5 Å². The number of nitrogens with one attached hydrogen (secondary N) is 1. The first-order chi connectivity index (χ1) is 10.4. The fourth-order valence-corrected chi connectivity index (χ4v) is 2.50. The second-order valence-electron chi connectivity index (χ2n) is 5.16. The van der Waals surface area contributed by atoms with Crippen molar-refractivity contribution < 1.29 is 19.0 Å². The Bertz CT molecular complexity index is 514. The first kappa shape index (κ1) is 17.0. The van der Waals surface area contributed by atoms with Gasteiger partial charge in [0.2, 0.25) is 0 Å². The highest BCUT2D eigenvalue weighted by atomic mass is 35.5. The molecule has 0 bridgehead atoms. The lowest BCUT2D eigenvalue weighted by Gasteiger charge is -2.10. The van der Waals surface area contributed by atoms with E-state index in [9.17, 15) is 4.79 Å². The third kappa shape index (κ3) is 4.85. The van der Waals surface area contributed by atoms with Gasteiger partial charge in [0.1, 0.15) is 15.8 Å². The first-order valence-corrected chi connectivity index (χ1v) is 7.70. The summed E-state index contributed by atoms with van der Waals surface area (Å²) in [7, 11) is 3.19. The highest BCUT2D eigenvalue weighted by Crippen LogP contribution is 2.53. The van der Waals surface area contributed by atoms with E-state index in [0.717, 1.165) is 5.56 Å². The van der Waals surface area contributed by atoms with Crippen molar-refractivity contribution in [3.05, 3.63) is 23.8 Å². The molecule has 1 aromatic carbocycles. The zero-order chi connectivity index (χ0) is 16.2. The van der Waals surface area contributed by atoms with Crippen molar-refractivity contribution in [2.75, 3.05) is 27.4 Å². The number of alkyl halides is 2. The summed E-state index contributed by atoms with van der Waals surface area (Å²) in [6, 6.07) is 5.59. The number of amides is 1. The van der Waals surface area contributed by atoms with Crippen LogP contribution in [0.25, 0.3) is 0 Å². The normalized spacial score (nSPS) is 18.5. The average molecular weight is 348 g/mol. The summed E-state index contributed by atoms with van der Waals surface area (Å²) < 4.78 is 14.7. The third-order valence-corrected chi connectivity index (χ3v) is 4.39. The van der Waals surface area contributed by atoms with Gasteiger partial charge in [0, 0.05) is 18.5 Å². The number of benzene rings is 1. The molecule has 7 heteroatoms. The van der Waals surface area contributed by atoms with E-state index in [-0.39, 0.29) is 12.5 Å². The van der Waals surface area contributed by atoms with Crippen LogP contribution in [-0.2, 0) is 11.2 Å². The largest absolute Gasteiger partial charge is 0.497 e. The van der Waals surface area contributed by atoms with Crippen LogP contribution in [0.3, 0.4) is 0 Å². The lowest BCUT2D eigenvalue weighted by atomic mass is 10.1. The highest BCUT2D eigenvalue weighted by molar-refractivity contribution is 6.50. The van der Waals surface area contributed by atoms with Crippen molar-refractivity contribution >= 4 is 29.3 Å². The number of hydrogen-bond donors (Lipinski definition) is 1. The van der Waals surface area contributed by atoms with Crippen molar-refractivity contribution in [1.29, 1.82) is 0 Å². The molecular formula is C15H19Cl2NO4. The van der Waals surface area contributed by atoms with Gasteiger partial charge in [-0.3, -0.25) is 0 Å². The molecule has 1 fully saturated rings. The molecular weight excluding hydrogens is 329 g/mol. The molecule has 1 aromatic rings. The quantitative estimate of drug-likeness (QED) is 0.769. The molecule has 0 aliphatic heterocycles. The van der Waals surface area contributed by atoms with Crippen molar-refractivity contribution in [2.24, 2.45) is 5.92 Å². The molecule has 0 saturated heterocycles. The van der Waals surface area contributed by atoms with Gasteiger partial charge in [-0.2, -0.15) is 0 Å². The van der Waals surface area contributed by atoms with E-state index in [1.807, 2.05) is 12.1 Å². The maximum Gasteiger partial charge on any atom is 0.407 e. The number of halogens is 2. The minimum atomic E-state index is -0.725. The van der Waals surface area contributed by atoms with Crippen LogP contribution in [0.15, 0.2) is 18.2 Å². The Labute approximate surface area is 139 Å². The topological polar surface area (TPSA) is 56.8 Å². The van der Waals surface area contributed by atoms with Gasteiger partial charge in [-0.1, -0.05) is 0 Å². The van der Waals surface area contributed by atoms with Gasteiger partial charge in [-0.25, -0.2) is 4.79 Å². The minimum Gasteiger partial charge on any atom is -0.497 e. The Kier molecular flexibility index (Phi) is 5.64. The van der Waals surface area contributed by atoms with E-state index >= 15 is 0 Å². The number of carbonyl (C=O) groups excluding carboxylic acids is 1. The molecule has 0 radical (unpaired) electrons. The predicted molar refractivity (Wildman–Crippen MR) is 85.1 cm³/mol. The zero-order valence-corrected chi connectivity index (χ0v) is 14.0. The van der Waals surface area contributed by atoms with Crippen molar-refractivity contribution in [1.82, 2.24) is 5.32 Å². The standard InChI is InChI=1S/C15H19Cl2NO4/c1-20-12-5-10(6-13(7-12)21-2)3-4-18-14(19)22-9-11-8-15(11,16)17/h5-7,11H,3-4,8-9H2,1-2H3,(H,18,19). The fraction of sp³-hybridized carbons (Fsp3) is 0.533. The molecule has 1 unspecified atom stereocenters. The molecule has 122 valence electrons. The van der Waals surface area contributed by atoms with E-state index in [0.29, 0.717) is 30.9 Å². The maximum atomic E-state index is 11.6. The second kappa shape index (κ2) is 7.29. The van der Waals surface area contributed by atoms with Crippen LogP contribution < -0.4 is 14.8 Å². The van der Waals surface area contributed by atoms with Crippen LogP contribution in [-0.4, -0.2) is 37.8 Å². The summed E-state index contributed by atoms with van der Waals surface area (Å²) >= 11 is 11.7. The van der Waals surface area contributed by atoms with Crippen LogP contribution in [0.2, 0.25) is 0 Å². The van der Waals surface area contributed by atoms with Gasteiger partial charge >= 0.3 is 6.09 Å². The van der Waals surface area contributed by atoms with E-state index < -0.39 is 10.4 Å². The predicted octanol–water partition coefficient (Wildman–Crippen LogP) is 3.17. The molecule has 1 atom stereocenters. The summed E-state index contributed by atoms with van der Waals surface area (Å²) in [5.41, 5.74) is 0.999. The van der Waals surface area contributed by atoms with Gasteiger partial charge in [0.05, 0.1) is 20.8 Å². The summed E-state index contributed by atoms with van der Waals surface area (Å²) in [6.45, 7) is 0.693. The van der Waals surface area contributed by atoms with Gasteiger partial charge in [-0.15, -0.1) is 23.2 Å². The molecule has 1 saturated carbocycles. The lowest BCUT2D eigenvalue weighted by molar-refractivity contribution is 0.141. The summed E-state index contributed by atoms with van der Waals surface area (Å²) in [5.74, 6) is 1.46. The van der Waals surface area contributed by atoms with Crippen LogP contribution >= 0.6 is 23.2 Å². The van der Waals surface area contributed by atoms with E-state index in [2.05, 4.69) is 5.32 Å². The van der Waals surface area contributed by atoms with Gasteiger partial charge in [0.25, 0.3) is 0 Å². The zero-order valence-electron chi connectivity index (χ0n) is 12.5. The SMILES string of the molecule is COc1cc(CCNC(=O)OCC2CC2(Cl)Cl)cc(OC)c1. The van der Waals surface area contributed by atoms with Crippen LogP contribution in [0.1, 0.15) is 12.0 Å². The van der Waals surface area contributed by atoms with E-state index in [4.69, 9.17) is 37.4 Å². The highest BCUT2D eigenvalue weighted by Gasteiger charge is 2.52.